The predicted molar refractivity (Wildman–Crippen MR) is 162 cm³/mol. The summed E-state index contributed by atoms with van der Waals surface area (Å²) in [5.41, 5.74) is 3.94. The molecule has 1 amide bonds. The number of ketones is 1. The monoisotopic (exact) mass is 567 g/mol. The maximum Gasteiger partial charge on any atom is 0.220 e. The molecule has 0 aliphatic heterocycles. The summed E-state index contributed by atoms with van der Waals surface area (Å²) in [4.78, 5) is 25.0. The van der Waals surface area contributed by atoms with Crippen molar-refractivity contribution in [1.82, 2.24) is 5.32 Å². The third-order valence-electron chi connectivity index (χ3n) is 6.70. The molecule has 42 heavy (non-hydrogen) atoms. The van der Waals surface area contributed by atoms with Crippen molar-refractivity contribution in [3.8, 4) is 23.0 Å². The Bertz CT molecular complexity index is 1440. The molecule has 7 nitrogen and oxygen atoms in total. The van der Waals surface area contributed by atoms with Gasteiger partial charge in [-0.3, -0.25) is 9.59 Å². The molecule has 0 bridgehead atoms. The molecule has 0 fully saturated rings. The summed E-state index contributed by atoms with van der Waals surface area (Å²) < 4.78 is 22.8. The Kier molecular flexibility index (Phi) is 11.4. The minimum atomic E-state index is -0.153. The van der Waals surface area contributed by atoms with E-state index in [1.807, 2.05) is 91.0 Å². The molecule has 0 aliphatic rings. The standard InChI is InChI=1S/C35H37NO6/c1-39-31-16-14-29(23-34(31)42-25-28-11-7-4-8-12-28)21-30(37)15-18-35(38)36-20-19-26-13-17-32(33(22-26)40-2)41-24-27-9-5-3-6-10-27/h3-14,16-17,22-23H,15,18-21,24-25H2,1-2H3,(H,36,38). The third kappa shape index (κ3) is 9.41. The SMILES string of the molecule is COc1cc(CCNC(=O)CCC(=O)Cc2ccc(OC)c(OCc3ccccc3)c2)ccc1OCc1ccccc1. The van der Waals surface area contributed by atoms with E-state index in [0.717, 1.165) is 22.3 Å². The fraction of sp³-hybridized carbons (Fsp3) is 0.257. The summed E-state index contributed by atoms with van der Waals surface area (Å²) in [5.74, 6) is 2.33. The van der Waals surface area contributed by atoms with Gasteiger partial charge in [0.2, 0.25) is 5.91 Å². The predicted octanol–water partition coefficient (Wildman–Crippen LogP) is 6.11. The summed E-state index contributed by atoms with van der Waals surface area (Å²) in [6, 6.07) is 31.0. The number of hydrogen-bond donors (Lipinski definition) is 1. The van der Waals surface area contributed by atoms with Crippen molar-refractivity contribution >= 4 is 11.7 Å². The van der Waals surface area contributed by atoms with E-state index in [1.54, 1.807) is 20.3 Å². The highest BCUT2D eigenvalue weighted by Gasteiger charge is 2.12. The average molecular weight is 568 g/mol. The maximum atomic E-state index is 12.6. The van der Waals surface area contributed by atoms with Crippen LogP contribution in [0.1, 0.15) is 35.1 Å². The van der Waals surface area contributed by atoms with Crippen molar-refractivity contribution < 1.29 is 28.5 Å². The Morgan fingerprint density at radius 2 is 1.17 bits per heavy atom. The second kappa shape index (κ2) is 15.9. The number of benzene rings is 4. The molecule has 0 aliphatic carbocycles. The Morgan fingerprint density at radius 1 is 0.595 bits per heavy atom. The molecular formula is C35H37NO6. The van der Waals surface area contributed by atoms with Crippen LogP contribution in [0.3, 0.4) is 0 Å². The quantitative estimate of drug-likeness (QED) is 0.176. The lowest BCUT2D eigenvalue weighted by atomic mass is 10.0. The molecule has 0 radical (unpaired) electrons. The fourth-order valence-electron chi connectivity index (χ4n) is 4.40. The van der Waals surface area contributed by atoms with E-state index in [2.05, 4.69) is 5.32 Å². The van der Waals surface area contributed by atoms with Gasteiger partial charge in [-0.2, -0.15) is 0 Å². The van der Waals surface area contributed by atoms with Crippen LogP contribution in [-0.4, -0.2) is 32.5 Å². The number of nitrogens with one attached hydrogen (secondary N) is 1. The Hall–Kier alpha value is -4.78. The highest BCUT2D eigenvalue weighted by molar-refractivity contribution is 5.86. The molecule has 218 valence electrons. The molecule has 0 saturated heterocycles. The van der Waals surface area contributed by atoms with Crippen molar-refractivity contribution in [2.75, 3.05) is 20.8 Å². The second-order valence-electron chi connectivity index (χ2n) is 9.83. The van der Waals surface area contributed by atoms with Crippen LogP contribution in [0.25, 0.3) is 0 Å². The highest BCUT2D eigenvalue weighted by atomic mass is 16.5. The lowest BCUT2D eigenvalue weighted by molar-refractivity contribution is -0.125. The van der Waals surface area contributed by atoms with E-state index in [-0.39, 0.29) is 31.0 Å². The van der Waals surface area contributed by atoms with Crippen LogP contribution in [0.4, 0.5) is 0 Å². The maximum absolute atomic E-state index is 12.6. The van der Waals surface area contributed by atoms with Crippen LogP contribution in [0.15, 0.2) is 97.1 Å². The molecule has 0 saturated carbocycles. The molecule has 4 aromatic carbocycles. The number of Topliss-reactive ketones (excluding diaryl/α,β-unsaturated/α-hetero) is 1. The summed E-state index contributed by atoms with van der Waals surface area (Å²) in [5, 5.41) is 2.91. The van der Waals surface area contributed by atoms with Crippen LogP contribution in [0, 0.1) is 0 Å². The zero-order chi connectivity index (χ0) is 29.6. The number of rotatable bonds is 16. The number of methoxy groups -OCH3 is 2. The topological polar surface area (TPSA) is 83.1 Å². The van der Waals surface area contributed by atoms with Gasteiger partial charge in [0.05, 0.1) is 14.2 Å². The minimum absolute atomic E-state index is 0.0137. The number of amides is 1. The van der Waals surface area contributed by atoms with Crippen LogP contribution in [0.5, 0.6) is 23.0 Å². The van der Waals surface area contributed by atoms with Crippen molar-refractivity contribution in [1.29, 1.82) is 0 Å². The Balaban J connectivity index is 1.19. The van der Waals surface area contributed by atoms with Crippen molar-refractivity contribution in [3.05, 3.63) is 119 Å². The van der Waals surface area contributed by atoms with Gasteiger partial charge in [-0.1, -0.05) is 72.8 Å². The number of hydrogen-bond acceptors (Lipinski definition) is 6. The van der Waals surface area contributed by atoms with E-state index in [1.165, 1.54) is 0 Å². The second-order valence-corrected chi connectivity index (χ2v) is 9.83. The number of carbonyl (C=O) groups excluding carboxylic acids is 2. The molecule has 0 atom stereocenters. The summed E-state index contributed by atoms with van der Waals surface area (Å²) in [6.07, 6.45) is 1.16. The summed E-state index contributed by atoms with van der Waals surface area (Å²) >= 11 is 0. The molecule has 1 N–H and O–H groups in total. The van der Waals surface area contributed by atoms with Gasteiger partial charge in [0, 0.05) is 25.8 Å². The lowest BCUT2D eigenvalue weighted by Gasteiger charge is -2.13. The van der Waals surface area contributed by atoms with Crippen molar-refractivity contribution in [2.24, 2.45) is 0 Å². The first kappa shape index (κ1) is 30.2. The first-order valence-corrected chi connectivity index (χ1v) is 14.0. The zero-order valence-corrected chi connectivity index (χ0v) is 24.1. The van der Waals surface area contributed by atoms with Crippen LogP contribution in [-0.2, 0) is 35.6 Å². The zero-order valence-electron chi connectivity index (χ0n) is 24.1. The minimum Gasteiger partial charge on any atom is -0.493 e. The van der Waals surface area contributed by atoms with Gasteiger partial charge in [-0.25, -0.2) is 0 Å². The Morgan fingerprint density at radius 3 is 1.81 bits per heavy atom. The van der Waals surface area contributed by atoms with Crippen LogP contribution >= 0.6 is 0 Å². The molecular weight excluding hydrogens is 530 g/mol. The lowest BCUT2D eigenvalue weighted by Crippen LogP contribution is -2.26. The van der Waals surface area contributed by atoms with Crippen molar-refractivity contribution in [2.45, 2.75) is 38.9 Å². The molecule has 0 unspecified atom stereocenters. The largest absolute Gasteiger partial charge is 0.493 e. The number of carbonyl (C=O) groups is 2. The van der Waals surface area contributed by atoms with Crippen LogP contribution in [0.2, 0.25) is 0 Å². The molecule has 7 heteroatoms. The van der Waals surface area contributed by atoms with Gasteiger partial charge in [0.15, 0.2) is 23.0 Å². The van der Waals surface area contributed by atoms with Gasteiger partial charge in [0.1, 0.15) is 19.0 Å². The van der Waals surface area contributed by atoms with Gasteiger partial charge < -0.3 is 24.3 Å². The summed E-state index contributed by atoms with van der Waals surface area (Å²) in [7, 11) is 3.19. The molecule has 0 heterocycles. The van der Waals surface area contributed by atoms with E-state index < -0.39 is 0 Å². The van der Waals surface area contributed by atoms with Gasteiger partial charge in [-0.05, 0) is 52.9 Å². The normalized spacial score (nSPS) is 10.5. The van der Waals surface area contributed by atoms with E-state index in [4.69, 9.17) is 18.9 Å². The highest BCUT2D eigenvalue weighted by Crippen LogP contribution is 2.30. The molecule has 4 rings (SSSR count). The molecule has 0 spiro atoms. The molecule has 0 aromatic heterocycles. The van der Waals surface area contributed by atoms with Gasteiger partial charge in [-0.15, -0.1) is 0 Å². The smallest absolute Gasteiger partial charge is 0.220 e. The van der Waals surface area contributed by atoms with E-state index in [0.29, 0.717) is 49.2 Å². The average Bonchev–Trinajstić information content (AvgIpc) is 3.03. The molecule has 4 aromatic rings. The number of ether oxygens (including phenoxy) is 4. The third-order valence-corrected chi connectivity index (χ3v) is 6.70. The van der Waals surface area contributed by atoms with E-state index in [9.17, 15) is 9.59 Å². The van der Waals surface area contributed by atoms with Gasteiger partial charge in [0.25, 0.3) is 0 Å². The van der Waals surface area contributed by atoms with E-state index >= 15 is 0 Å². The van der Waals surface area contributed by atoms with Crippen molar-refractivity contribution in [3.63, 3.8) is 0 Å². The summed E-state index contributed by atoms with van der Waals surface area (Å²) in [6.45, 7) is 1.31. The van der Waals surface area contributed by atoms with Crippen LogP contribution < -0.4 is 24.3 Å². The first-order valence-electron chi connectivity index (χ1n) is 14.0. The van der Waals surface area contributed by atoms with Gasteiger partial charge >= 0.3 is 0 Å². The Labute approximate surface area is 247 Å². The fourth-order valence-corrected chi connectivity index (χ4v) is 4.40. The first-order chi connectivity index (χ1) is 20.5.